The second-order valence-corrected chi connectivity index (χ2v) is 5.02. The lowest BCUT2D eigenvalue weighted by Gasteiger charge is -1.95. The van der Waals surface area contributed by atoms with Gasteiger partial charge < -0.3 is 9.36 Å². The van der Waals surface area contributed by atoms with Gasteiger partial charge >= 0.3 is 0 Å². The van der Waals surface area contributed by atoms with Gasteiger partial charge in [-0.25, -0.2) is 4.39 Å². The normalized spacial score (nSPS) is 11.0. The van der Waals surface area contributed by atoms with E-state index in [0.717, 1.165) is 5.56 Å². The standard InChI is InChI=1S/C16H11ClFN3O2/c17-13-5-2-4-12(8-13)16-20-15(23-21-16)10-22-19-9-11-3-1-6-14(18)7-11/h1-9H,10H2/b19-9-. The average molecular weight is 332 g/mol. The summed E-state index contributed by atoms with van der Waals surface area (Å²) in [5.74, 6) is 0.355. The SMILES string of the molecule is Fc1cccc(/C=N\OCc2nc(-c3cccc(Cl)c3)no2)c1. The molecule has 0 amide bonds. The van der Waals surface area contributed by atoms with Gasteiger partial charge in [-0.15, -0.1) is 0 Å². The van der Waals surface area contributed by atoms with Gasteiger partial charge in [-0.2, -0.15) is 4.98 Å². The van der Waals surface area contributed by atoms with E-state index in [4.69, 9.17) is 21.0 Å². The van der Waals surface area contributed by atoms with Crippen molar-refractivity contribution in [2.24, 2.45) is 5.16 Å². The molecule has 3 aromatic rings. The zero-order chi connectivity index (χ0) is 16.1. The van der Waals surface area contributed by atoms with Gasteiger partial charge in [-0.3, -0.25) is 0 Å². The van der Waals surface area contributed by atoms with Gasteiger partial charge in [0.2, 0.25) is 5.82 Å². The van der Waals surface area contributed by atoms with Crippen LogP contribution in [-0.2, 0) is 11.4 Å². The van der Waals surface area contributed by atoms with Gasteiger partial charge in [0.05, 0.1) is 6.21 Å². The van der Waals surface area contributed by atoms with Crippen LogP contribution >= 0.6 is 11.6 Å². The highest BCUT2D eigenvalue weighted by molar-refractivity contribution is 6.30. The molecule has 0 bridgehead atoms. The predicted molar refractivity (Wildman–Crippen MR) is 83.5 cm³/mol. The van der Waals surface area contributed by atoms with Crippen molar-refractivity contribution >= 4 is 17.8 Å². The zero-order valence-electron chi connectivity index (χ0n) is 11.8. The van der Waals surface area contributed by atoms with Crippen molar-refractivity contribution in [3.8, 4) is 11.4 Å². The minimum Gasteiger partial charge on any atom is -0.386 e. The maximum absolute atomic E-state index is 13.0. The van der Waals surface area contributed by atoms with E-state index in [2.05, 4.69) is 15.3 Å². The summed E-state index contributed by atoms with van der Waals surface area (Å²) < 4.78 is 18.1. The smallest absolute Gasteiger partial charge is 0.267 e. The molecular formula is C16H11ClFN3O2. The largest absolute Gasteiger partial charge is 0.386 e. The molecule has 1 heterocycles. The number of hydrogen-bond acceptors (Lipinski definition) is 5. The van der Waals surface area contributed by atoms with Crippen LogP contribution in [-0.4, -0.2) is 16.4 Å². The summed E-state index contributed by atoms with van der Waals surface area (Å²) in [5, 5.41) is 8.17. The Kier molecular flexibility index (Phi) is 4.63. The lowest BCUT2D eigenvalue weighted by Crippen LogP contribution is -1.89. The summed E-state index contributed by atoms with van der Waals surface area (Å²) in [5.41, 5.74) is 1.34. The first kappa shape index (κ1) is 15.2. The average Bonchev–Trinajstić information content (AvgIpc) is 3.01. The molecule has 3 rings (SSSR count). The van der Waals surface area contributed by atoms with Crippen LogP contribution in [0.25, 0.3) is 11.4 Å². The Morgan fingerprint density at radius 3 is 2.91 bits per heavy atom. The minimum atomic E-state index is -0.336. The number of aromatic nitrogens is 2. The van der Waals surface area contributed by atoms with Crippen LogP contribution in [0, 0.1) is 5.82 Å². The molecule has 116 valence electrons. The van der Waals surface area contributed by atoms with Crippen LogP contribution in [0.4, 0.5) is 4.39 Å². The van der Waals surface area contributed by atoms with Crippen molar-refractivity contribution in [1.29, 1.82) is 0 Å². The molecule has 0 spiro atoms. The van der Waals surface area contributed by atoms with Gasteiger partial charge in [0, 0.05) is 10.6 Å². The molecule has 0 atom stereocenters. The van der Waals surface area contributed by atoms with E-state index in [1.54, 1.807) is 30.3 Å². The van der Waals surface area contributed by atoms with Gasteiger partial charge in [0.15, 0.2) is 6.61 Å². The molecular weight excluding hydrogens is 321 g/mol. The van der Waals surface area contributed by atoms with Crippen LogP contribution in [0.5, 0.6) is 0 Å². The van der Waals surface area contributed by atoms with Gasteiger partial charge in [0.1, 0.15) is 5.82 Å². The summed E-state index contributed by atoms with van der Waals surface area (Å²) >= 11 is 5.92. The Labute approximate surface area is 136 Å². The second-order valence-electron chi connectivity index (χ2n) is 4.59. The van der Waals surface area contributed by atoms with E-state index < -0.39 is 0 Å². The molecule has 1 aromatic heterocycles. The molecule has 0 radical (unpaired) electrons. The summed E-state index contributed by atoms with van der Waals surface area (Å²) in [7, 11) is 0. The van der Waals surface area contributed by atoms with Crippen molar-refractivity contribution < 1.29 is 13.8 Å². The highest BCUT2D eigenvalue weighted by atomic mass is 35.5. The van der Waals surface area contributed by atoms with Crippen LogP contribution in [0.1, 0.15) is 11.5 Å². The molecule has 0 aliphatic heterocycles. The van der Waals surface area contributed by atoms with E-state index in [-0.39, 0.29) is 18.3 Å². The zero-order valence-corrected chi connectivity index (χ0v) is 12.6. The highest BCUT2D eigenvalue weighted by Crippen LogP contribution is 2.20. The first-order valence-electron chi connectivity index (χ1n) is 6.70. The third-order valence-electron chi connectivity index (χ3n) is 2.86. The van der Waals surface area contributed by atoms with Crippen molar-refractivity contribution in [2.45, 2.75) is 6.61 Å². The van der Waals surface area contributed by atoms with Crippen LogP contribution < -0.4 is 0 Å². The number of rotatable bonds is 5. The second kappa shape index (κ2) is 7.02. The molecule has 0 N–H and O–H groups in total. The predicted octanol–water partition coefficient (Wildman–Crippen LogP) is 4.08. The molecule has 0 saturated heterocycles. The molecule has 5 nitrogen and oxygen atoms in total. The van der Waals surface area contributed by atoms with Crippen molar-refractivity contribution in [1.82, 2.24) is 10.1 Å². The Balaban J connectivity index is 1.59. The summed E-state index contributed by atoms with van der Waals surface area (Å²) in [6, 6.07) is 13.1. The Morgan fingerprint density at radius 2 is 2.09 bits per heavy atom. The van der Waals surface area contributed by atoms with Crippen molar-refractivity contribution in [3.05, 3.63) is 70.8 Å². The van der Waals surface area contributed by atoms with Gasteiger partial charge in [0.25, 0.3) is 5.89 Å². The minimum absolute atomic E-state index is 0.0133. The molecule has 23 heavy (non-hydrogen) atoms. The van der Waals surface area contributed by atoms with E-state index in [9.17, 15) is 4.39 Å². The number of nitrogens with zero attached hydrogens (tertiary/aromatic N) is 3. The quantitative estimate of drug-likeness (QED) is 0.522. The Hall–Kier alpha value is -2.73. The topological polar surface area (TPSA) is 60.5 Å². The molecule has 0 aliphatic carbocycles. The van der Waals surface area contributed by atoms with E-state index >= 15 is 0 Å². The fourth-order valence-electron chi connectivity index (χ4n) is 1.84. The summed E-state index contributed by atoms with van der Waals surface area (Å²) in [6.45, 7) is 0.0133. The fourth-order valence-corrected chi connectivity index (χ4v) is 2.03. The first-order valence-corrected chi connectivity index (χ1v) is 7.08. The number of hydrogen-bond donors (Lipinski definition) is 0. The lowest BCUT2D eigenvalue weighted by atomic mass is 10.2. The molecule has 0 aliphatic rings. The fraction of sp³-hybridized carbons (Fsp3) is 0.0625. The third kappa shape index (κ3) is 4.14. The molecule has 7 heteroatoms. The van der Waals surface area contributed by atoms with Gasteiger partial charge in [-0.1, -0.05) is 46.2 Å². The monoisotopic (exact) mass is 331 g/mol. The van der Waals surface area contributed by atoms with E-state index in [0.29, 0.717) is 16.4 Å². The van der Waals surface area contributed by atoms with E-state index in [1.807, 2.05) is 6.07 Å². The number of halogens is 2. The number of benzene rings is 2. The Morgan fingerprint density at radius 1 is 1.22 bits per heavy atom. The third-order valence-corrected chi connectivity index (χ3v) is 3.10. The molecule has 0 saturated carbocycles. The van der Waals surface area contributed by atoms with Crippen LogP contribution in [0.15, 0.2) is 58.2 Å². The van der Waals surface area contributed by atoms with Crippen LogP contribution in [0.2, 0.25) is 5.02 Å². The first-order chi connectivity index (χ1) is 11.2. The van der Waals surface area contributed by atoms with E-state index in [1.165, 1.54) is 18.3 Å². The summed E-state index contributed by atoms with van der Waals surface area (Å²) in [6.07, 6.45) is 1.40. The maximum atomic E-state index is 13.0. The summed E-state index contributed by atoms with van der Waals surface area (Å²) in [4.78, 5) is 9.25. The molecule has 2 aromatic carbocycles. The van der Waals surface area contributed by atoms with Crippen molar-refractivity contribution in [2.75, 3.05) is 0 Å². The number of oxime groups is 1. The van der Waals surface area contributed by atoms with Crippen molar-refractivity contribution in [3.63, 3.8) is 0 Å². The Bertz CT molecular complexity index is 835. The molecule has 0 fully saturated rings. The van der Waals surface area contributed by atoms with Crippen LogP contribution in [0.3, 0.4) is 0 Å². The lowest BCUT2D eigenvalue weighted by molar-refractivity contribution is 0.107. The maximum Gasteiger partial charge on any atom is 0.267 e. The van der Waals surface area contributed by atoms with Gasteiger partial charge in [-0.05, 0) is 29.8 Å². The molecule has 0 unspecified atom stereocenters. The highest BCUT2D eigenvalue weighted by Gasteiger charge is 2.09.